The summed E-state index contributed by atoms with van der Waals surface area (Å²) in [6.07, 6.45) is 5.11. The van der Waals surface area contributed by atoms with Gasteiger partial charge in [-0.15, -0.1) is 11.3 Å². The monoisotopic (exact) mass is 208 g/mol. The van der Waals surface area contributed by atoms with Crippen LogP contribution in [0.3, 0.4) is 0 Å². The Hall–Kier alpha value is -0.410. The zero-order valence-electron chi connectivity index (χ0n) is 8.49. The molecule has 1 heterocycles. The van der Waals surface area contributed by atoms with Crippen molar-refractivity contribution in [2.45, 2.75) is 38.1 Å². The Kier molecular flexibility index (Phi) is 1.77. The van der Waals surface area contributed by atoms with Crippen LogP contribution in [0.2, 0.25) is 0 Å². The van der Waals surface area contributed by atoms with Crippen molar-refractivity contribution in [2.24, 2.45) is 17.6 Å². The van der Waals surface area contributed by atoms with Gasteiger partial charge in [-0.3, -0.25) is 0 Å². The molecule has 76 valence electrons. The summed E-state index contributed by atoms with van der Waals surface area (Å²) in [5.41, 5.74) is 7.67. The predicted molar refractivity (Wildman–Crippen MR) is 58.3 cm³/mol. The Bertz CT molecular complexity index is 348. The van der Waals surface area contributed by atoms with Gasteiger partial charge in [-0.1, -0.05) is 6.42 Å². The average molecular weight is 208 g/mol. The molecule has 2 saturated carbocycles. The van der Waals surface area contributed by atoms with E-state index in [1.54, 1.807) is 11.3 Å². The van der Waals surface area contributed by atoms with Gasteiger partial charge in [0.2, 0.25) is 0 Å². The van der Waals surface area contributed by atoms with Gasteiger partial charge in [-0.2, -0.15) is 0 Å². The Balaban J connectivity index is 1.74. The normalized spacial score (nSPS) is 39.9. The van der Waals surface area contributed by atoms with Gasteiger partial charge in [-0.25, -0.2) is 4.98 Å². The van der Waals surface area contributed by atoms with Crippen LogP contribution in [0.5, 0.6) is 0 Å². The second-order valence-corrected chi connectivity index (χ2v) is 5.76. The van der Waals surface area contributed by atoms with E-state index in [2.05, 4.69) is 17.3 Å². The number of thiazole rings is 1. The van der Waals surface area contributed by atoms with Crippen molar-refractivity contribution in [3.63, 3.8) is 0 Å². The lowest BCUT2D eigenvalue weighted by atomic mass is 10.0. The molecule has 0 aliphatic heterocycles. The number of aromatic nitrogens is 1. The first kappa shape index (κ1) is 8.86. The van der Waals surface area contributed by atoms with E-state index in [-0.39, 0.29) is 5.54 Å². The Morgan fingerprint density at radius 2 is 2.29 bits per heavy atom. The van der Waals surface area contributed by atoms with E-state index in [1.807, 2.05) is 0 Å². The number of rotatable bonds is 2. The molecule has 2 fully saturated rings. The summed E-state index contributed by atoms with van der Waals surface area (Å²) < 4.78 is 0. The molecular weight excluding hydrogens is 192 g/mol. The highest BCUT2D eigenvalue weighted by atomic mass is 32.1. The third-order valence-electron chi connectivity index (χ3n) is 3.91. The topological polar surface area (TPSA) is 38.9 Å². The van der Waals surface area contributed by atoms with Crippen LogP contribution < -0.4 is 5.73 Å². The van der Waals surface area contributed by atoms with Crippen LogP contribution in [0.4, 0.5) is 0 Å². The van der Waals surface area contributed by atoms with Crippen LogP contribution >= 0.6 is 11.3 Å². The van der Waals surface area contributed by atoms with Crippen LogP contribution in [-0.2, 0) is 6.42 Å². The van der Waals surface area contributed by atoms with Crippen LogP contribution in [0.25, 0.3) is 0 Å². The molecule has 0 aromatic carbocycles. The van der Waals surface area contributed by atoms with Gasteiger partial charge in [0.15, 0.2) is 0 Å². The lowest BCUT2D eigenvalue weighted by Crippen LogP contribution is -2.31. The standard InChI is InChI=1S/C11H16N2S/c1-7-6-14-10(13-7)5-11(12)8-3-2-4-9(8)11/h6,8-9H,2-5,12H2,1H3. The van der Waals surface area contributed by atoms with Crippen molar-refractivity contribution < 1.29 is 0 Å². The number of hydrogen-bond acceptors (Lipinski definition) is 3. The van der Waals surface area contributed by atoms with Crippen LogP contribution in [0.15, 0.2) is 5.38 Å². The van der Waals surface area contributed by atoms with Crippen LogP contribution in [0, 0.1) is 18.8 Å². The molecule has 1 aromatic rings. The minimum atomic E-state index is 0.128. The van der Waals surface area contributed by atoms with Gasteiger partial charge >= 0.3 is 0 Å². The Morgan fingerprint density at radius 3 is 2.86 bits per heavy atom. The molecule has 0 bridgehead atoms. The summed E-state index contributed by atoms with van der Waals surface area (Å²) >= 11 is 1.76. The molecule has 2 aliphatic carbocycles. The van der Waals surface area contributed by atoms with Gasteiger partial charge in [0, 0.05) is 23.0 Å². The molecule has 14 heavy (non-hydrogen) atoms. The number of hydrogen-bond donors (Lipinski definition) is 1. The first-order valence-corrected chi connectivity index (χ1v) is 6.28. The van der Waals surface area contributed by atoms with Crippen molar-refractivity contribution >= 4 is 11.3 Å². The molecule has 1 aromatic heterocycles. The molecule has 2 aliphatic rings. The largest absolute Gasteiger partial charge is 0.324 e. The second-order valence-electron chi connectivity index (χ2n) is 4.82. The third kappa shape index (κ3) is 1.15. The maximum absolute atomic E-state index is 6.40. The second kappa shape index (κ2) is 2.80. The molecule has 0 radical (unpaired) electrons. The van der Waals surface area contributed by atoms with Gasteiger partial charge in [0.1, 0.15) is 0 Å². The van der Waals surface area contributed by atoms with Crippen molar-refractivity contribution in [3.8, 4) is 0 Å². The average Bonchev–Trinajstić information content (AvgIpc) is 2.64. The molecule has 2 N–H and O–H groups in total. The Morgan fingerprint density at radius 1 is 1.57 bits per heavy atom. The summed E-state index contributed by atoms with van der Waals surface area (Å²) in [4.78, 5) is 4.50. The van der Waals surface area contributed by atoms with Crippen LogP contribution in [-0.4, -0.2) is 10.5 Å². The van der Waals surface area contributed by atoms with Crippen molar-refractivity contribution in [3.05, 3.63) is 16.1 Å². The van der Waals surface area contributed by atoms with Gasteiger partial charge in [-0.05, 0) is 31.6 Å². The molecule has 0 amide bonds. The Labute approximate surface area is 88.5 Å². The molecule has 0 spiro atoms. The number of nitrogens with two attached hydrogens (primary N) is 1. The highest BCUT2D eigenvalue weighted by molar-refractivity contribution is 7.09. The zero-order valence-corrected chi connectivity index (χ0v) is 9.31. The smallest absolute Gasteiger partial charge is 0.0946 e. The predicted octanol–water partition coefficient (Wildman–Crippen LogP) is 2.12. The molecule has 0 saturated heterocycles. The molecule has 3 rings (SSSR count). The van der Waals surface area contributed by atoms with E-state index in [0.29, 0.717) is 0 Å². The van der Waals surface area contributed by atoms with E-state index >= 15 is 0 Å². The number of nitrogens with zero attached hydrogens (tertiary/aromatic N) is 1. The molecule has 3 heteroatoms. The molecule has 2 atom stereocenters. The summed E-state index contributed by atoms with van der Waals surface area (Å²) in [6.45, 7) is 2.05. The summed E-state index contributed by atoms with van der Waals surface area (Å²) in [5.74, 6) is 1.62. The fraction of sp³-hybridized carbons (Fsp3) is 0.727. The number of aryl methyl sites for hydroxylation is 1. The quantitative estimate of drug-likeness (QED) is 0.808. The van der Waals surface area contributed by atoms with Crippen molar-refractivity contribution in [1.82, 2.24) is 4.98 Å². The SMILES string of the molecule is Cc1csc(CC2(N)C3CCCC32)n1. The molecule has 2 nitrogen and oxygen atoms in total. The maximum Gasteiger partial charge on any atom is 0.0946 e. The molecular formula is C11H16N2S. The highest BCUT2D eigenvalue weighted by Gasteiger charge is 2.63. The zero-order chi connectivity index (χ0) is 9.76. The van der Waals surface area contributed by atoms with Crippen molar-refractivity contribution in [1.29, 1.82) is 0 Å². The first-order valence-electron chi connectivity index (χ1n) is 5.40. The minimum absolute atomic E-state index is 0.128. The van der Waals surface area contributed by atoms with Gasteiger partial charge < -0.3 is 5.73 Å². The van der Waals surface area contributed by atoms with Crippen LogP contribution in [0.1, 0.15) is 30.0 Å². The van der Waals surface area contributed by atoms with E-state index < -0.39 is 0 Å². The fourth-order valence-corrected chi connectivity index (χ4v) is 4.02. The highest BCUT2D eigenvalue weighted by Crippen LogP contribution is 2.60. The van der Waals surface area contributed by atoms with Crippen molar-refractivity contribution in [2.75, 3.05) is 0 Å². The maximum atomic E-state index is 6.40. The van der Waals surface area contributed by atoms with Gasteiger partial charge in [0.05, 0.1) is 5.01 Å². The summed E-state index contributed by atoms with van der Waals surface area (Å²) in [5, 5.41) is 3.36. The van der Waals surface area contributed by atoms with E-state index in [0.717, 1.165) is 24.0 Å². The fourth-order valence-electron chi connectivity index (χ4n) is 3.13. The third-order valence-corrected chi connectivity index (χ3v) is 4.88. The van der Waals surface area contributed by atoms with E-state index in [1.165, 1.54) is 24.3 Å². The first-order chi connectivity index (χ1) is 6.70. The number of fused-ring (bicyclic) bond motifs is 1. The lowest BCUT2D eigenvalue weighted by molar-refractivity contribution is 0.500. The van der Waals surface area contributed by atoms with E-state index in [9.17, 15) is 0 Å². The lowest BCUT2D eigenvalue weighted by Gasteiger charge is -2.12. The summed E-state index contributed by atoms with van der Waals surface area (Å²) in [7, 11) is 0. The van der Waals surface area contributed by atoms with E-state index in [4.69, 9.17) is 5.73 Å². The van der Waals surface area contributed by atoms with Gasteiger partial charge in [0.25, 0.3) is 0 Å². The minimum Gasteiger partial charge on any atom is -0.324 e. The summed E-state index contributed by atoms with van der Waals surface area (Å²) in [6, 6.07) is 0. The molecule has 2 unspecified atom stereocenters.